The van der Waals surface area contributed by atoms with Gasteiger partial charge in [0.15, 0.2) is 0 Å². The van der Waals surface area contributed by atoms with E-state index < -0.39 is 0 Å². The van der Waals surface area contributed by atoms with E-state index in [1.54, 1.807) is 18.2 Å². The van der Waals surface area contributed by atoms with Gasteiger partial charge in [-0.1, -0.05) is 59.1 Å². The number of carbonyl (C=O) groups is 1. The molecule has 28 heavy (non-hydrogen) atoms. The SMILES string of the molecule is Cc1ccc2oc(C(=O)NCc3cccc(Cl)c3)c(-c3ccc(Cl)cc3)c2c1. The van der Waals surface area contributed by atoms with Crippen molar-refractivity contribution in [2.24, 2.45) is 0 Å². The van der Waals surface area contributed by atoms with Crippen LogP contribution in [0.1, 0.15) is 21.7 Å². The summed E-state index contributed by atoms with van der Waals surface area (Å²) in [5.41, 5.74) is 4.32. The maximum Gasteiger partial charge on any atom is 0.287 e. The van der Waals surface area contributed by atoms with Crippen molar-refractivity contribution in [3.05, 3.63) is 93.7 Å². The van der Waals surface area contributed by atoms with Gasteiger partial charge in [0.1, 0.15) is 5.58 Å². The Morgan fingerprint density at radius 2 is 1.75 bits per heavy atom. The van der Waals surface area contributed by atoms with Gasteiger partial charge in [0.25, 0.3) is 5.91 Å². The zero-order valence-corrected chi connectivity index (χ0v) is 16.6. The average molecular weight is 410 g/mol. The molecule has 4 rings (SSSR count). The number of nitrogens with one attached hydrogen (secondary N) is 1. The second kappa shape index (κ2) is 7.70. The summed E-state index contributed by atoms with van der Waals surface area (Å²) in [6.45, 7) is 2.37. The maximum absolute atomic E-state index is 13.0. The van der Waals surface area contributed by atoms with E-state index in [2.05, 4.69) is 5.32 Å². The molecular formula is C23H17Cl2NO2. The lowest BCUT2D eigenvalue weighted by Crippen LogP contribution is -2.22. The number of halogens is 2. The van der Waals surface area contributed by atoms with Crippen molar-refractivity contribution in [1.29, 1.82) is 0 Å². The van der Waals surface area contributed by atoms with Crippen LogP contribution in [0.15, 0.2) is 71.1 Å². The van der Waals surface area contributed by atoms with E-state index >= 15 is 0 Å². The third-order valence-electron chi connectivity index (χ3n) is 4.52. The highest BCUT2D eigenvalue weighted by molar-refractivity contribution is 6.31. The number of furan rings is 1. The Labute approximate surface area is 172 Å². The van der Waals surface area contributed by atoms with Crippen molar-refractivity contribution in [2.75, 3.05) is 0 Å². The maximum atomic E-state index is 13.0. The van der Waals surface area contributed by atoms with Crippen molar-refractivity contribution < 1.29 is 9.21 Å². The Hall–Kier alpha value is -2.75. The van der Waals surface area contributed by atoms with Crippen LogP contribution in [0.3, 0.4) is 0 Å². The highest BCUT2D eigenvalue weighted by atomic mass is 35.5. The van der Waals surface area contributed by atoms with Gasteiger partial charge in [0, 0.05) is 27.5 Å². The van der Waals surface area contributed by atoms with Crippen LogP contribution in [0, 0.1) is 6.92 Å². The quantitative estimate of drug-likeness (QED) is 0.410. The molecule has 140 valence electrons. The summed E-state index contributed by atoms with van der Waals surface area (Å²) < 4.78 is 5.94. The molecule has 0 atom stereocenters. The topological polar surface area (TPSA) is 42.2 Å². The number of aryl methyl sites for hydroxylation is 1. The molecule has 4 aromatic rings. The molecule has 3 aromatic carbocycles. The number of benzene rings is 3. The highest BCUT2D eigenvalue weighted by Gasteiger charge is 2.22. The molecule has 5 heteroatoms. The average Bonchev–Trinajstić information content (AvgIpc) is 3.05. The summed E-state index contributed by atoms with van der Waals surface area (Å²) in [4.78, 5) is 13.0. The zero-order chi connectivity index (χ0) is 19.7. The lowest BCUT2D eigenvalue weighted by atomic mass is 10.0. The molecule has 0 saturated heterocycles. The Bertz CT molecular complexity index is 1160. The molecule has 1 N–H and O–H groups in total. The van der Waals surface area contributed by atoms with Crippen LogP contribution in [0.4, 0.5) is 0 Å². The van der Waals surface area contributed by atoms with Crippen LogP contribution in [0.5, 0.6) is 0 Å². The third kappa shape index (κ3) is 3.77. The summed E-state index contributed by atoms with van der Waals surface area (Å²) in [7, 11) is 0. The minimum Gasteiger partial charge on any atom is -0.450 e. The number of hydrogen-bond donors (Lipinski definition) is 1. The molecule has 0 unspecified atom stereocenters. The molecule has 0 aliphatic carbocycles. The summed E-state index contributed by atoms with van der Waals surface area (Å²) in [5.74, 6) is 0.00345. The summed E-state index contributed by atoms with van der Waals surface area (Å²) >= 11 is 12.1. The van der Waals surface area contributed by atoms with E-state index in [1.165, 1.54) is 0 Å². The molecule has 0 aliphatic heterocycles. The molecule has 3 nitrogen and oxygen atoms in total. The predicted octanol–water partition coefficient (Wildman–Crippen LogP) is 6.65. The normalized spacial score (nSPS) is 11.0. The molecule has 0 bridgehead atoms. The van der Waals surface area contributed by atoms with Crippen LogP contribution >= 0.6 is 23.2 Å². The Morgan fingerprint density at radius 1 is 0.964 bits per heavy atom. The van der Waals surface area contributed by atoms with Crippen LogP contribution in [0.25, 0.3) is 22.1 Å². The van der Waals surface area contributed by atoms with Gasteiger partial charge in [-0.15, -0.1) is 0 Å². The van der Waals surface area contributed by atoms with Gasteiger partial charge >= 0.3 is 0 Å². The van der Waals surface area contributed by atoms with E-state index in [9.17, 15) is 4.79 Å². The molecule has 0 saturated carbocycles. The minimum atomic E-state index is -0.279. The van der Waals surface area contributed by atoms with E-state index in [0.717, 1.165) is 27.6 Å². The molecule has 0 fully saturated rings. The van der Waals surface area contributed by atoms with Crippen molar-refractivity contribution in [1.82, 2.24) is 5.32 Å². The second-order valence-corrected chi connectivity index (χ2v) is 7.50. The fourth-order valence-electron chi connectivity index (χ4n) is 3.18. The number of carbonyl (C=O) groups excluding carboxylic acids is 1. The molecule has 1 amide bonds. The highest BCUT2D eigenvalue weighted by Crippen LogP contribution is 2.36. The first-order chi connectivity index (χ1) is 13.5. The van der Waals surface area contributed by atoms with Crippen LogP contribution in [-0.2, 0) is 6.54 Å². The molecular weight excluding hydrogens is 393 g/mol. The van der Waals surface area contributed by atoms with Crippen molar-refractivity contribution in [3.8, 4) is 11.1 Å². The smallest absolute Gasteiger partial charge is 0.287 e. The first-order valence-electron chi connectivity index (χ1n) is 8.83. The van der Waals surface area contributed by atoms with Gasteiger partial charge in [-0.3, -0.25) is 4.79 Å². The van der Waals surface area contributed by atoms with Crippen molar-refractivity contribution >= 4 is 40.1 Å². The fourth-order valence-corrected chi connectivity index (χ4v) is 3.52. The standard InChI is InChI=1S/C23H17Cl2NO2/c1-14-5-10-20-19(11-14)21(16-6-8-17(24)9-7-16)22(28-20)23(27)26-13-15-3-2-4-18(25)12-15/h2-12H,13H2,1H3,(H,26,27). The third-order valence-corrected chi connectivity index (χ3v) is 5.01. The van der Waals surface area contributed by atoms with E-state index in [1.807, 2.05) is 55.5 Å². The summed E-state index contributed by atoms with van der Waals surface area (Å²) in [6.07, 6.45) is 0. The van der Waals surface area contributed by atoms with Gasteiger partial charge in [-0.25, -0.2) is 0 Å². The largest absolute Gasteiger partial charge is 0.450 e. The van der Waals surface area contributed by atoms with Crippen molar-refractivity contribution in [2.45, 2.75) is 13.5 Å². The zero-order valence-electron chi connectivity index (χ0n) is 15.1. The van der Waals surface area contributed by atoms with Crippen molar-refractivity contribution in [3.63, 3.8) is 0 Å². The first-order valence-corrected chi connectivity index (χ1v) is 9.58. The first kappa shape index (κ1) is 18.6. The van der Waals surface area contributed by atoms with Crippen LogP contribution in [-0.4, -0.2) is 5.91 Å². The van der Waals surface area contributed by atoms with Gasteiger partial charge in [-0.05, 0) is 54.4 Å². The lowest BCUT2D eigenvalue weighted by molar-refractivity contribution is 0.0926. The number of fused-ring (bicyclic) bond motifs is 1. The molecule has 0 spiro atoms. The minimum absolute atomic E-state index is 0.279. The summed E-state index contributed by atoms with van der Waals surface area (Å²) in [6, 6.07) is 20.7. The summed E-state index contributed by atoms with van der Waals surface area (Å²) in [5, 5.41) is 5.09. The van der Waals surface area contributed by atoms with E-state index in [0.29, 0.717) is 22.2 Å². The molecule has 1 heterocycles. The van der Waals surface area contributed by atoms with Crippen LogP contribution < -0.4 is 5.32 Å². The number of hydrogen-bond acceptors (Lipinski definition) is 2. The van der Waals surface area contributed by atoms with Crippen LogP contribution in [0.2, 0.25) is 10.0 Å². The van der Waals surface area contributed by atoms with Gasteiger partial charge in [0.2, 0.25) is 5.76 Å². The molecule has 1 aromatic heterocycles. The van der Waals surface area contributed by atoms with E-state index in [4.69, 9.17) is 27.6 Å². The van der Waals surface area contributed by atoms with E-state index in [-0.39, 0.29) is 11.7 Å². The Balaban J connectivity index is 1.74. The number of rotatable bonds is 4. The second-order valence-electron chi connectivity index (χ2n) is 6.63. The predicted molar refractivity (Wildman–Crippen MR) is 114 cm³/mol. The Morgan fingerprint density at radius 3 is 2.50 bits per heavy atom. The molecule has 0 radical (unpaired) electrons. The Kier molecular flexibility index (Phi) is 5.12. The molecule has 0 aliphatic rings. The van der Waals surface area contributed by atoms with Gasteiger partial charge in [-0.2, -0.15) is 0 Å². The number of amides is 1. The monoisotopic (exact) mass is 409 g/mol. The fraction of sp³-hybridized carbons (Fsp3) is 0.0870. The van der Waals surface area contributed by atoms with Gasteiger partial charge < -0.3 is 9.73 Å². The van der Waals surface area contributed by atoms with Gasteiger partial charge in [0.05, 0.1) is 0 Å². The lowest BCUT2D eigenvalue weighted by Gasteiger charge is -2.07.